The van der Waals surface area contributed by atoms with Gasteiger partial charge in [-0.15, -0.1) is 0 Å². The van der Waals surface area contributed by atoms with Gasteiger partial charge in [-0.05, 0) is 55.6 Å². The van der Waals surface area contributed by atoms with Gasteiger partial charge in [0, 0.05) is 19.7 Å². The van der Waals surface area contributed by atoms with Crippen LogP contribution < -0.4 is 5.32 Å². The molecule has 0 heterocycles. The fourth-order valence-electron chi connectivity index (χ4n) is 3.72. The highest BCUT2D eigenvalue weighted by Gasteiger charge is 2.26. The van der Waals surface area contributed by atoms with Crippen LogP contribution in [0.3, 0.4) is 0 Å². The van der Waals surface area contributed by atoms with Crippen molar-refractivity contribution in [1.29, 1.82) is 0 Å². The van der Waals surface area contributed by atoms with Crippen LogP contribution in [0.2, 0.25) is 0 Å². The van der Waals surface area contributed by atoms with Gasteiger partial charge in [0.1, 0.15) is 0 Å². The molecule has 104 valence electrons. The first-order valence-electron chi connectivity index (χ1n) is 7.71. The van der Waals surface area contributed by atoms with Crippen LogP contribution in [0.1, 0.15) is 49.1 Å². The van der Waals surface area contributed by atoms with E-state index in [1.54, 1.807) is 11.1 Å². The maximum Gasteiger partial charge on any atom is 0.0586 e. The summed E-state index contributed by atoms with van der Waals surface area (Å²) in [6.07, 6.45) is 8.10. The largest absolute Gasteiger partial charge is 0.381 e. The van der Waals surface area contributed by atoms with E-state index in [9.17, 15) is 0 Å². The Morgan fingerprint density at radius 3 is 2.95 bits per heavy atom. The van der Waals surface area contributed by atoms with Crippen molar-refractivity contribution >= 4 is 0 Å². The molecule has 0 bridgehead atoms. The summed E-state index contributed by atoms with van der Waals surface area (Å²) in [7, 11) is 1.84. The van der Waals surface area contributed by atoms with E-state index in [2.05, 4.69) is 29.6 Å². The molecular formula is C17H25NO. The molecule has 1 aromatic carbocycles. The van der Waals surface area contributed by atoms with E-state index in [1.807, 2.05) is 7.11 Å². The summed E-state index contributed by atoms with van der Waals surface area (Å²) >= 11 is 0. The molecule has 2 heteroatoms. The number of aryl methyl sites for hydroxylation is 1. The molecule has 1 saturated carbocycles. The highest BCUT2D eigenvalue weighted by molar-refractivity contribution is 5.32. The predicted octanol–water partition coefficient (Wildman–Crippen LogP) is 3.26. The number of benzene rings is 1. The summed E-state index contributed by atoms with van der Waals surface area (Å²) in [5, 5.41) is 3.78. The fraction of sp³-hybridized carbons (Fsp3) is 0.647. The Morgan fingerprint density at radius 2 is 2.11 bits per heavy atom. The fourth-order valence-corrected chi connectivity index (χ4v) is 3.72. The number of fused-ring (bicyclic) bond motifs is 1. The lowest BCUT2D eigenvalue weighted by molar-refractivity contribution is 0.107. The molecule has 0 amide bonds. The molecule has 0 radical (unpaired) electrons. The van der Waals surface area contributed by atoms with Crippen LogP contribution >= 0.6 is 0 Å². The van der Waals surface area contributed by atoms with Gasteiger partial charge in [-0.2, -0.15) is 0 Å². The van der Waals surface area contributed by atoms with E-state index < -0.39 is 0 Å². The van der Waals surface area contributed by atoms with Crippen molar-refractivity contribution in [3.8, 4) is 0 Å². The maximum absolute atomic E-state index is 5.45. The first kappa shape index (κ1) is 13.1. The quantitative estimate of drug-likeness (QED) is 0.896. The molecule has 2 aliphatic rings. The Kier molecular flexibility index (Phi) is 4.19. The highest BCUT2D eigenvalue weighted by atomic mass is 16.5. The smallest absolute Gasteiger partial charge is 0.0586 e. The van der Waals surface area contributed by atoms with Crippen LogP contribution in [0.5, 0.6) is 0 Å². The number of methoxy groups -OCH3 is 1. The topological polar surface area (TPSA) is 21.3 Å². The van der Waals surface area contributed by atoms with Gasteiger partial charge in [0.2, 0.25) is 0 Å². The summed E-state index contributed by atoms with van der Waals surface area (Å²) in [5.74, 6) is 0.714. The third kappa shape index (κ3) is 3.01. The Labute approximate surface area is 116 Å². The molecule has 0 spiro atoms. The zero-order valence-corrected chi connectivity index (χ0v) is 11.9. The zero-order valence-electron chi connectivity index (χ0n) is 11.9. The van der Waals surface area contributed by atoms with Gasteiger partial charge in [-0.3, -0.25) is 0 Å². The molecule has 0 aromatic heterocycles. The molecule has 19 heavy (non-hydrogen) atoms. The van der Waals surface area contributed by atoms with E-state index in [4.69, 9.17) is 4.74 Å². The molecule has 2 nitrogen and oxygen atoms in total. The summed E-state index contributed by atoms with van der Waals surface area (Å²) in [6.45, 7) is 1.14. The Hall–Kier alpha value is -0.860. The van der Waals surface area contributed by atoms with Gasteiger partial charge in [-0.25, -0.2) is 0 Å². The second-order valence-corrected chi connectivity index (χ2v) is 6.06. The zero-order chi connectivity index (χ0) is 13.1. The van der Waals surface area contributed by atoms with E-state index in [1.165, 1.54) is 38.5 Å². The minimum Gasteiger partial charge on any atom is -0.381 e. The van der Waals surface area contributed by atoms with Gasteiger partial charge in [0.05, 0.1) is 6.10 Å². The van der Waals surface area contributed by atoms with Crippen molar-refractivity contribution in [3.05, 3.63) is 35.4 Å². The third-order valence-corrected chi connectivity index (χ3v) is 4.86. The first-order valence-corrected chi connectivity index (χ1v) is 7.71. The van der Waals surface area contributed by atoms with Gasteiger partial charge in [0.25, 0.3) is 0 Å². The molecule has 0 saturated heterocycles. The standard InChI is InChI=1S/C17H25NO/c1-19-16-10-9-15(11-16)18-12-14-7-4-6-13-5-2-3-8-17(13)14/h2-3,5,8,14-16,18H,4,6-7,9-12H2,1H3. The second-order valence-electron chi connectivity index (χ2n) is 6.06. The maximum atomic E-state index is 5.45. The minimum absolute atomic E-state index is 0.483. The van der Waals surface area contributed by atoms with E-state index in [0.717, 1.165) is 6.54 Å². The van der Waals surface area contributed by atoms with Crippen molar-refractivity contribution in [2.45, 2.75) is 56.6 Å². The van der Waals surface area contributed by atoms with Crippen molar-refractivity contribution in [1.82, 2.24) is 5.32 Å². The highest BCUT2D eigenvalue weighted by Crippen LogP contribution is 2.31. The van der Waals surface area contributed by atoms with Gasteiger partial charge in [0.15, 0.2) is 0 Å². The lowest BCUT2D eigenvalue weighted by atomic mass is 9.83. The van der Waals surface area contributed by atoms with Crippen LogP contribution in [0.15, 0.2) is 24.3 Å². The van der Waals surface area contributed by atoms with Crippen molar-refractivity contribution < 1.29 is 4.74 Å². The molecule has 0 aliphatic heterocycles. The van der Waals surface area contributed by atoms with Crippen molar-refractivity contribution in [2.75, 3.05) is 13.7 Å². The molecule has 1 N–H and O–H groups in total. The molecular weight excluding hydrogens is 234 g/mol. The van der Waals surface area contributed by atoms with Gasteiger partial charge >= 0.3 is 0 Å². The number of hydrogen-bond donors (Lipinski definition) is 1. The predicted molar refractivity (Wildman–Crippen MR) is 78.6 cm³/mol. The van der Waals surface area contributed by atoms with Crippen LogP contribution in [-0.4, -0.2) is 25.8 Å². The Bertz CT molecular complexity index is 417. The Balaban J connectivity index is 1.57. The minimum atomic E-state index is 0.483. The molecule has 3 unspecified atom stereocenters. The first-order chi connectivity index (χ1) is 9.36. The molecule has 1 fully saturated rings. The normalized spacial score (nSPS) is 30.3. The summed E-state index contributed by atoms with van der Waals surface area (Å²) < 4.78 is 5.45. The number of hydrogen-bond acceptors (Lipinski definition) is 2. The van der Waals surface area contributed by atoms with Gasteiger partial charge < -0.3 is 10.1 Å². The van der Waals surface area contributed by atoms with Crippen LogP contribution in [0.4, 0.5) is 0 Å². The third-order valence-electron chi connectivity index (χ3n) is 4.86. The second kappa shape index (κ2) is 6.06. The molecule has 3 atom stereocenters. The van der Waals surface area contributed by atoms with E-state index >= 15 is 0 Å². The summed E-state index contributed by atoms with van der Waals surface area (Å²) in [6, 6.07) is 9.66. The van der Waals surface area contributed by atoms with Crippen molar-refractivity contribution in [2.24, 2.45) is 0 Å². The molecule has 1 aromatic rings. The average molecular weight is 259 g/mol. The molecule has 2 aliphatic carbocycles. The van der Waals surface area contributed by atoms with Crippen LogP contribution in [0, 0.1) is 0 Å². The van der Waals surface area contributed by atoms with Gasteiger partial charge in [-0.1, -0.05) is 24.3 Å². The number of rotatable bonds is 4. The summed E-state index contributed by atoms with van der Waals surface area (Å²) in [4.78, 5) is 0. The SMILES string of the molecule is COC1CCC(NCC2CCCc3ccccc32)C1. The van der Waals surface area contributed by atoms with E-state index in [-0.39, 0.29) is 0 Å². The number of ether oxygens (including phenoxy) is 1. The van der Waals surface area contributed by atoms with E-state index in [0.29, 0.717) is 18.1 Å². The van der Waals surface area contributed by atoms with Crippen LogP contribution in [0.25, 0.3) is 0 Å². The lowest BCUT2D eigenvalue weighted by Crippen LogP contribution is -2.32. The lowest BCUT2D eigenvalue weighted by Gasteiger charge is -2.27. The average Bonchev–Trinajstić information content (AvgIpc) is 2.93. The number of nitrogens with one attached hydrogen (secondary N) is 1. The van der Waals surface area contributed by atoms with Crippen LogP contribution in [-0.2, 0) is 11.2 Å². The van der Waals surface area contributed by atoms with Crippen molar-refractivity contribution in [3.63, 3.8) is 0 Å². The molecule has 3 rings (SSSR count). The monoisotopic (exact) mass is 259 g/mol. The summed E-state index contributed by atoms with van der Waals surface area (Å²) in [5.41, 5.74) is 3.16. The Morgan fingerprint density at radius 1 is 1.21 bits per heavy atom.